The standard InChI is InChI=1S/C21H28N8O4.C16H23FN6O4.C16H24N6O5.C15H22FN7O4/c1-2-4-13(22)20(32)28(8-12-5-3-6-24-7-12)16-17(31)14(9-30)33-21(16)29-11-27-15-18(23)25-10-26-19(15)29;1-2-3-8(18)15(26)22-11-13(25)9(5-24)27-16(11)23-6-21-10-12(23)7(17)4-20-14(10)19;1-2-3-7(17)15(26)21-11-12(25)9(5-23)27-16(11)22-4-8(24)10-13(18)19-6-20-14(10)22;16-3-1-2-7(17)14(26)22-9-11(25)8(4-24)27-15(9)23-6-21-10-12(18)19-5-20-13(10)23/h3,5-7,10-11,13-14,16-17,21,30-31H,2,4,8-9,22H2,1H3,(H2,23,25,26);4,6,8-9,11,13,16,24-25H,2-3,5,18H2,1H3,(H2,19,20)(H,22,26);4,6-7,9,11-12,16,23-25H,2-3,5,17H2,1H3,(H,21,26)(H2,18,19,20);5-9,11,15,24-25H,1-4,17H2,(H,22,26)(H2,18,19,20)/t13?,14-,16+,17?,21-;8?,9-,11+,13?,16-;7?,9-,11+,12?,16-;7?,8-,9+,11?,15-/m1111/s1. The number of anilines is 4. The predicted molar refractivity (Wildman–Crippen MR) is 399 cm³/mol. The third-order valence-corrected chi connectivity index (χ3v) is 19.7. The van der Waals surface area contributed by atoms with Crippen LogP contribution in [0, 0.1) is 5.82 Å². The van der Waals surface area contributed by atoms with Gasteiger partial charge in [-0.15, -0.1) is 0 Å². The van der Waals surface area contributed by atoms with Gasteiger partial charge >= 0.3 is 0 Å². The summed E-state index contributed by atoms with van der Waals surface area (Å²) in [5, 5.41) is 99.2. The highest BCUT2D eigenvalue weighted by Crippen LogP contribution is 2.40. The fourth-order valence-electron chi connectivity index (χ4n) is 13.7. The van der Waals surface area contributed by atoms with Gasteiger partial charge in [-0.2, -0.15) is 0 Å². The molecule has 0 aromatic carbocycles. The molecule has 13 rings (SSSR count). The van der Waals surface area contributed by atoms with Crippen LogP contribution < -0.4 is 61.8 Å². The van der Waals surface area contributed by atoms with Crippen LogP contribution in [0.5, 0.6) is 5.75 Å². The molecule has 20 atom stereocenters. The zero-order valence-corrected chi connectivity index (χ0v) is 62.2. The SMILES string of the molecule is CCCC(N)C(=O)N(Cc1cccnc1)[C@H]1C(O)[C@@H](CO)O[C@H]1n1cnc2c(N)ncnc21.CCCC(N)C(=O)N[C@H]1C(O)[C@@H](CO)O[C@H]1n1cc(O)c2c(N)ncnc21.CCCC(N)C(=O)N[C@H]1C(O)[C@@H](CO)O[C@H]1n1cnc2c(N)ncc(F)c21.Nc1ncnc2c1ncn2[C@@H]1O[C@H](CO)C(O)[C@@H]1NC(=O)C(N)CCCF. The van der Waals surface area contributed by atoms with Crippen LogP contribution in [0.3, 0.4) is 0 Å². The molecular formula is C68H97F2N27O17. The molecule has 8 unspecified atom stereocenters. The van der Waals surface area contributed by atoms with E-state index in [1.807, 2.05) is 26.8 Å². The minimum atomic E-state index is -1.22. The summed E-state index contributed by atoms with van der Waals surface area (Å²) in [5.74, 6) is -2.18. The van der Waals surface area contributed by atoms with Gasteiger partial charge in [0, 0.05) is 18.9 Å². The maximum absolute atomic E-state index is 14.4. The number of hydrogen-bond donors (Lipinski definition) is 20. The van der Waals surface area contributed by atoms with Crippen molar-refractivity contribution in [1.29, 1.82) is 0 Å². The number of aromatic nitrogens is 15. The first kappa shape index (κ1) is 86.0. The van der Waals surface area contributed by atoms with Crippen molar-refractivity contribution < 1.29 is 92.9 Å². The zero-order valence-electron chi connectivity index (χ0n) is 62.2. The molecule has 0 radical (unpaired) electrons. The fraction of sp³-hybridized carbons (Fsp3) is 0.544. The van der Waals surface area contributed by atoms with Gasteiger partial charge in [0.25, 0.3) is 0 Å². The molecule has 44 nitrogen and oxygen atoms in total. The van der Waals surface area contributed by atoms with E-state index < -0.39 is 179 Å². The van der Waals surface area contributed by atoms with E-state index in [4.69, 9.17) is 64.8 Å². The summed E-state index contributed by atoms with van der Waals surface area (Å²) in [6, 6.07) is -3.28. The lowest BCUT2D eigenvalue weighted by molar-refractivity contribution is -0.140. The van der Waals surface area contributed by atoms with Crippen molar-refractivity contribution in [3.63, 3.8) is 0 Å². The first-order valence-electron chi connectivity index (χ1n) is 36.6. The Bertz CT molecular complexity index is 4660. The van der Waals surface area contributed by atoms with Gasteiger partial charge in [-0.05, 0) is 43.7 Å². The van der Waals surface area contributed by atoms with E-state index in [1.54, 1.807) is 23.0 Å². The minimum absolute atomic E-state index is 0.0235. The van der Waals surface area contributed by atoms with E-state index in [2.05, 4.69) is 70.8 Å². The lowest BCUT2D eigenvalue weighted by atomic mass is 10.0. The first-order valence-corrected chi connectivity index (χ1v) is 36.6. The monoisotopic (exact) mass is 1600 g/mol. The van der Waals surface area contributed by atoms with E-state index >= 15 is 0 Å². The van der Waals surface area contributed by atoms with Crippen LogP contribution in [0.2, 0.25) is 0 Å². The van der Waals surface area contributed by atoms with E-state index in [1.165, 1.54) is 62.8 Å². The zero-order chi connectivity index (χ0) is 82.5. The Hall–Kier alpha value is -10.4. The number of aliphatic hydroxyl groups excluding tert-OH is 8. The number of rotatable bonds is 27. The average molecular weight is 1600 g/mol. The van der Waals surface area contributed by atoms with E-state index in [0.29, 0.717) is 48.0 Å². The summed E-state index contributed by atoms with van der Waals surface area (Å²) in [6.45, 7) is 3.49. The number of amides is 4. The lowest BCUT2D eigenvalue weighted by Gasteiger charge is -2.35. The molecule has 28 N–H and O–H groups in total. The largest absolute Gasteiger partial charge is 0.505 e. The average Bonchev–Trinajstić information content (AvgIpc) is 1.61. The molecule has 4 aliphatic rings. The maximum atomic E-state index is 14.4. The number of carbonyl (C=O) groups is 4. The highest BCUT2D eigenvalue weighted by Gasteiger charge is 2.52. The number of fused-ring (bicyclic) bond motifs is 4. The molecule has 13 heterocycles. The van der Waals surface area contributed by atoms with Gasteiger partial charge in [-0.25, -0.2) is 54.2 Å². The second-order valence-corrected chi connectivity index (χ2v) is 27.4. The summed E-state index contributed by atoms with van der Waals surface area (Å²) in [7, 11) is 0. The molecule has 620 valence electrons. The summed E-state index contributed by atoms with van der Waals surface area (Å²) in [5.41, 5.74) is 49.5. The molecule has 4 amide bonds. The number of alkyl halides is 1. The number of ether oxygens (including phenoxy) is 4. The predicted octanol–water partition coefficient (Wildman–Crippen LogP) is -4.60. The maximum Gasteiger partial charge on any atom is 0.240 e. The van der Waals surface area contributed by atoms with Crippen LogP contribution in [0.4, 0.5) is 32.1 Å². The summed E-state index contributed by atoms with van der Waals surface area (Å²) < 4.78 is 55.6. The smallest absolute Gasteiger partial charge is 0.240 e. The Morgan fingerprint density at radius 1 is 0.526 bits per heavy atom. The van der Waals surface area contributed by atoms with Crippen LogP contribution in [0.25, 0.3) is 44.4 Å². The third kappa shape index (κ3) is 18.4. The van der Waals surface area contributed by atoms with Crippen molar-refractivity contribution in [3.05, 3.63) is 86.3 Å². The number of imidazole rings is 3. The number of pyridine rings is 2. The fourth-order valence-corrected chi connectivity index (χ4v) is 13.7. The summed E-state index contributed by atoms with van der Waals surface area (Å²) in [4.78, 5) is 96.4. The molecular weight excluding hydrogens is 1500 g/mol. The van der Waals surface area contributed by atoms with Crippen molar-refractivity contribution >= 4 is 91.3 Å². The Labute approximate surface area is 647 Å². The van der Waals surface area contributed by atoms with Crippen LogP contribution >= 0.6 is 0 Å². The van der Waals surface area contributed by atoms with Crippen LogP contribution in [0.1, 0.15) is 103 Å². The molecule has 0 bridgehead atoms. The Morgan fingerprint density at radius 3 is 1.43 bits per heavy atom. The first-order chi connectivity index (χ1) is 54.7. The quantitative estimate of drug-likeness (QED) is 0.0230. The van der Waals surface area contributed by atoms with Crippen molar-refractivity contribution in [2.75, 3.05) is 56.0 Å². The van der Waals surface area contributed by atoms with Crippen LogP contribution in [-0.4, -0.2) is 278 Å². The molecule has 0 aliphatic carbocycles. The Morgan fingerprint density at radius 2 is 0.947 bits per heavy atom. The number of nitrogen functional groups attached to an aromatic ring is 4. The topological polar surface area (TPSA) is 696 Å². The Balaban J connectivity index is 0.000000162. The molecule has 0 saturated carbocycles. The number of carbonyl (C=O) groups excluding carboxylic acids is 4. The van der Waals surface area contributed by atoms with Crippen molar-refractivity contribution in [2.45, 2.75) is 201 Å². The van der Waals surface area contributed by atoms with Gasteiger partial charge in [-0.1, -0.05) is 46.1 Å². The molecule has 46 heteroatoms. The molecule has 4 saturated heterocycles. The molecule has 4 aliphatic heterocycles. The molecule has 9 aromatic heterocycles. The number of nitrogens with two attached hydrogens (primary N) is 8. The number of hydrogen-bond acceptors (Lipinski definition) is 36. The third-order valence-electron chi connectivity index (χ3n) is 19.7. The van der Waals surface area contributed by atoms with E-state index in [9.17, 15) is 73.9 Å². The minimum Gasteiger partial charge on any atom is -0.505 e. The van der Waals surface area contributed by atoms with E-state index in [-0.39, 0.29) is 76.4 Å². The van der Waals surface area contributed by atoms with Crippen LogP contribution in [-0.2, 0) is 44.7 Å². The number of halogens is 2. The number of aromatic hydroxyl groups is 1. The Kier molecular flexibility index (Phi) is 29.1. The van der Waals surface area contributed by atoms with Gasteiger partial charge in [0.15, 0.2) is 65.1 Å². The number of nitrogens with zero attached hydrogens (tertiary/aromatic N) is 16. The van der Waals surface area contributed by atoms with Gasteiger partial charge in [0.1, 0.15) is 131 Å². The van der Waals surface area contributed by atoms with Crippen molar-refractivity contribution in [3.8, 4) is 5.75 Å². The molecule has 9 aromatic rings. The van der Waals surface area contributed by atoms with Gasteiger partial charge in [0.05, 0.1) is 88.6 Å². The summed E-state index contributed by atoms with van der Waals surface area (Å²) >= 11 is 0. The number of nitrogens with one attached hydrogen (secondary N) is 3. The molecule has 114 heavy (non-hydrogen) atoms. The molecule has 0 spiro atoms. The summed E-state index contributed by atoms with van der Waals surface area (Å²) in [6.07, 6.45) is 5.12. The van der Waals surface area contributed by atoms with Crippen molar-refractivity contribution in [2.24, 2.45) is 22.9 Å². The number of aliphatic hydroxyl groups is 8. The second kappa shape index (κ2) is 38.6. The van der Waals surface area contributed by atoms with Crippen molar-refractivity contribution in [1.82, 2.24) is 93.9 Å². The van der Waals surface area contributed by atoms with E-state index in [0.717, 1.165) is 24.6 Å². The lowest BCUT2D eigenvalue weighted by Crippen LogP contribution is -2.54. The van der Waals surface area contributed by atoms with Crippen LogP contribution in [0.15, 0.2) is 74.9 Å². The normalized spacial score (nSPS) is 25.6. The van der Waals surface area contributed by atoms with Gasteiger partial charge in [-0.3, -0.25) is 46.8 Å². The van der Waals surface area contributed by atoms with Gasteiger partial charge in [0.2, 0.25) is 23.6 Å². The highest BCUT2D eigenvalue weighted by molar-refractivity contribution is 5.92. The molecule has 4 fully saturated rings. The van der Waals surface area contributed by atoms with Gasteiger partial charge < -0.3 is 132 Å². The highest BCUT2D eigenvalue weighted by atomic mass is 19.1. The second-order valence-electron chi connectivity index (χ2n) is 27.4.